The Hall–Kier alpha value is -2.70. The number of hydrazone groups is 1. The summed E-state index contributed by atoms with van der Waals surface area (Å²) in [6.07, 6.45) is 1.16. The lowest BCUT2D eigenvalue weighted by molar-refractivity contribution is -0.136. The Bertz CT molecular complexity index is 1290. The van der Waals surface area contributed by atoms with Crippen LogP contribution in [0.15, 0.2) is 73.5 Å². The van der Waals surface area contributed by atoms with Crippen LogP contribution in [0.1, 0.15) is 11.5 Å². The molecule has 0 aliphatic heterocycles. The summed E-state index contributed by atoms with van der Waals surface area (Å²) in [6, 6.07) is 13.6. The van der Waals surface area contributed by atoms with Crippen molar-refractivity contribution in [1.82, 2.24) is 10.1 Å². The van der Waals surface area contributed by atoms with E-state index in [1.165, 1.54) is 36.4 Å². The summed E-state index contributed by atoms with van der Waals surface area (Å²) >= 11 is 14.9. The molecule has 1 heterocycles. The van der Waals surface area contributed by atoms with Crippen LogP contribution in [0.4, 0.5) is 5.69 Å². The van der Waals surface area contributed by atoms with Crippen LogP contribution >= 0.6 is 39.1 Å². The van der Waals surface area contributed by atoms with Gasteiger partial charge in [0.1, 0.15) is 11.5 Å². The predicted molar refractivity (Wildman–Crippen MR) is 128 cm³/mol. The summed E-state index contributed by atoms with van der Waals surface area (Å²) in [4.78, 5) is 23.9. The lowest BCUT2D eigenvalue weighted by atomic mass is 10.3. The second kappa shape index (κ2) is 10.9. The highest BCUT2D eigenvalue weighted by atomic mass is 79.9. The van der Waals surface area contributed by atoms with Gasteiger partial charge < -0.3 is 9.73 Å². The molecule has 0 unspecified atom stereocenters. The fourth-order valence-electron chi connectivity index (χ4n) is 2.44. The standard InChI is InChI=1S/C20H15BrCl2N4O5S/c21-12-1-5-18(6-2-12)33(30,31)25-11-17-4-3-16(32-17)10-24-27-20(29)19(28)26-15-8-13(22)7-14(23)9-15/h1-10,25H,11H2,(H,26,28)(H,27,29)/b24-10-. The Kier molecular flexibility index (Phi) is 8.27. The number of carbonyl (C=O) groups is 2. The van der Waals surface area contributed by atoms with Gasteiger partial charge in [-0.05, 0) is 54.6 Å². The SMILES string of the molecule is O=C(N/N=C\c1ccc(CNS(=O)(=O)c2ccc(Br)cc2)o1)C(=O)Nc1cc(Cl)cc(Cl)c1. The normalized spacial score (nSPS) is 11.5. The molecule has 0 aliphatic rings. The van der Waals surface area contributed by atoms with E-state index in [9.17, 15) is 18.0 Å². The van der Waals surface area contributed by atoms with Gasteiger partial charge >= 0.3 is 11.8 Å². The van der Waals surface area contributed by atoms with Crippen molar-refractivity contribution >= 4 is 72.9 Å². The Morgan fingerprint density at radius 1 is 1.00 bits per heavy atom. The number of sulfonamides is 1. The van der Waals surface area contributed by atoms with Crippen molar-refractivity contribution in [2.24, 2.45) is 5.10 Å². The third kappa shape index (κ3) is 7.41. The first-order valence-corrected chi connectivity index (χ1v) is 12.1. The van der Waals surface area contributed by atoms with Crippen LogP contribution in [0.3, 0.4) is 0 Å². The smallest absolute Gasteiger partial charge is 0.329 e. The maximum atomic E-state index is 12.3. The highest BCUT2D eigenvalue weighted by molar-refractivity contribution is 9.10. The molecular weight excluding hydrogens is 559 g/mol. The minimum absolute atomic E-state index is 0.0941. The van der Waals surface area contributed by atoms with Gasteiger partial charge in [0.05, 0.1) is 17.7 Å². The number of hydrogen-bond donors (Lipinski definition) is 3. The summed E-state index contributed by atoms with van der Waals surface area (Å²) in [6.45, 7) is -0.0941. The van der Waals surface area contributed by atoms with E-state index in [0.717, 1.165) is 10.7 Å². The Morgan fingerprint density at radius 2 is 1.67 bits per heavy atom. The van der Waals surface area contributed by atoms with Crippen molar-refractivity contribution in [1.29, 1.82) is 0 Å². The van der Waals surface area contributed by atoms with Crippen molar-refractivity contribution in [3.8, 4) is 0 Å². The predicted octanol–water partition coefficient (Wildman–Crippen LogP) is 3.92. The minimum Gasteiger partial charge on any atom is -0.459 e. The molecule has 33 heavy (non-hydrogen) atoms. The molecule has 3 N–H and O–H groups in total. The molecular formula is C20H15BrCl2N4O5S. The van der Waals surface area contributed by atoms with Crippen molar-refractivity contribution in [2.45, 2.75) is 11.4 Å². The molecule has 0 spiro atoms. The molecule has 13 heteroatoms. The molecule has 3 rings (SSSR count). The molecule has 0 saturated heterocycles. The molecule has 0 saturated carbocycles. The van der Waals surface area contributed by atoms with Gasteiger partial charge in [-0.15, -0.1) is 0 Å². The highest BCUT2D eigenvalue weighted by Gasteiger charge is 2.15. The summed E-state index contributed by atoms with van der Waals surface area (Å²) in [5.41, 5.74) is 2.30. The molecule has 9 nitrogen and oxygen atoms in total. The largest absolute Gasteiger partial charge is 0.459 e. The van der Waals surface area contributed by atoms with Crippen molar-refractivity contribution in [2.75, 3.05) is 5.32 Å². The van der Waals surface area contributed by atoms with E-state index in [4.69, 9.17) is 27.6 Å². The Labute approximate surface area is 207 Å². The molecule has 1 aromatic heterocycles. The fourth-order valence-corrected chi connectivity index (χ4v) is 4.22. The molecule has 0 fully saturated rings. The third-order valence-corrected chi connectivity index (χ3v) is 6.31. The van der Waals surface area contributed by atoms with Crippen LogP contribution in [0, 0.1) is 0 Å². The van der Waals surface area contributed by atoms with Gasteiger partial charge in [0.15, 0.2) is 0 Å². The quantitative estimate of drug-likeness (QED) is 0.224. The van der Waals surface area contributed by atoms with Crippen LogP contribution in [0.5, 0.6) is 0 Å². The molecule has 0 atom stereocenters. The molecule has 172 valence electrons. The Balaban J connectivity index is 1.51. The number of hydrogen-bond acceptors (Lipinski definition) is 6. The summed E-state index contributed by atoms with van der Waals surface area (Å²) in [7, 11) is -3.72. The van der Waals surface area contributed by atoms with Crippen molar-refractivity contribution in [3.63, 3.8) is 0 Å². The number of anilines is 1. The third-order valence-electron chi connectivity index (χ3n) is 3.93. The van der Waals surface area contributed by atoms with Crippen LogP contribution in [-0.2, 0) is 26.2 Å². The second-order valence-electron chi connectivity index (χ2n) is 6.39. The number of nitrogens with zero attached hydrogens (tertiary/aromatic N) is 1. The van der Waals surface area contributed by atoms with Crippen molar-refractivity contribution in [3.05, 3.63) is 80.6 Å². The number of amides is 2. The topological polar surface area (TPSA) is 130 Å². The van der Waals surface area contributed by atoms with E-state index < -0.39 is 21.8 Å². The number of rotatable bonds is 7. The summed E-state index contributed by atoms with van der Waals surface area (Å²) in [5.74, 6) is -1.46. The van der Waals surface area contributed by atoms with E-state index in [1.54, 1.807) is 18.2 Å². The minimum atomic E-state index is -3.72. The van der Waals surface area contributed by atoms with E-state index >= 15 is 0 Å². The van der Waals surface area contributed by atoms with Gasteiger partial charge in [0, 0.05) is 20.2 Å². The van der Waals surface area contributed by atoms with Gasteiger partial charge in [-0.25, -0.2) is 18.6 Å². The summed E-state index contributed by atoms with van der Waals surface area (Å²) in [5, 5.41) is 6.57. The molecule has 0 bridgehead atoms. The highest BCUT2D eigenvalue weighted by Crippen LogP contribution is 2.22. The number of benzene rings is 2. The average Bonchev–Trinajstić information content (AvgIpc) is 3.19. The number of nitrogens with one attached hydrogen (secondary N) is 3. The van der Waals surface area contributed by atoms with Gasteiger partial charge in [0.25, 0.3) is 0 Å². The molecule has 2 amide bonds. The first-order valence-electron chi connectivity index (χ1n) is 9.07. The molecule has 2 aromatic carbocycles. The van der Waals surface area contributed by atoms with Gasteiger partial charge in [-0.2, -0.15) is 5.10 Å². The zero-order valence-corrected chi connectivity index (χ0v) is 20.4. The molecule has 0 aliphatic carbocycles. The first-order chi connectivity index (χ1) is 15.6. The maximum absolute atomic E-state index is 12.3. The molecule has 3 aromatic rings. The van der Waals surface area contributed by atoms with Gasteiger partial charge in [0.2, 0.25) is 10.0 Å². The number of halogens is 3. The van der Waals surface area contributed by atoms with Crippen LogP contribution < -0.4 is 15.5 Å². The maximum Gasteiger partial charge on any atom is 0.329 e. The average molecular weight is 574 g/mol. The van der Waals surface area contributed by atoms with Crippen LogP contribution in [-0.4, -0.2) is 26.4 Å². The van der Waals surface area contributed by atoms with Crippen LogP contribution in [0.2, 0.25) is 10.0 Å². The lowest BCUT2D eigenvalue weighted by Crippen LogP contribution is -2.32. The van der Waals surface area contributed by atoms with Gasteiger partial charge in [-0.3, -0.25) is 9.59 Å². The van der Waals surface area contributed by atoms with Gasteiger partial charge in [-0.1, -0.05) is 39.1 Å². The number of furan rings is 1. The van der Waals surface area contributed by atoms with E-state index in [2.05, 4.69) is 31.1 Å². The lowest BCUT2D eigenvalue weighted by Gasteiger charge is -2.05. The zero-order chi connectivity index (χ0) is 24.0. The van der Waals surface area contributed by atoms with E-state index in [0.29, 0.717) is 15.8 Å². The monoisotopic (exact) mass is 572 g/mol. The fraction of sp³-hybridized carbons (Fsp3) is 0.0500. The number of carbonyl (C=O) groups excluding carboxylic acids is 2. The summed E-state index contributed by atoms with van der Waals surface area (Å²) < 4.78 is 33.2. The van der Waals surface area contributed by atoms with Crippen molar-refractivity contribution < 1.29 is 22.4 Å². The second-order valence-corrected chi connectivity index (χ2v) is 9.95. The molecule has 0 radical (unpaired) electrons. The van der Waals surface area contributed by atoms with E-state index in [-0.39, 0.29) is 22.9 Å². The van der Waals surface area contributed by atoms with E-state index in [1.807, 2.05) is 5.43 Å². The van der Waals surface area contributed by atoms with Crippen LogP contribution in [0.25, 0.3) is 0 Å². The first kappa shape index (κ1) is 24.9. The Morgan fingerprint density at radius 3 is 2.33 bits per heavy atom. The zero-order valence-electron chi connectivity index (χ0n) is 16.5.